The first kappa shape index (κ1) is 11.1. The summed E-state index contributed by atoms with van der Waals surface area (Å²) < 4.78 is 24.5. The molecule has 0 N–H and O–H groups in total. The molecule has 0 unspecified atom stereocenters. The Hall–Kier alpha value is -1.41. The van der Waals surface area contributed by atoms with Gasteiger partial charge in [0.25, 0.3) is 0 Å². The lowest BCUT2D eigenvalue weighted by molar-refractivity contribution is 0.0611. The van der Waals surface area contributed by atoms with E-state index in [2.05, 4.69) is 4.98 Å². The minimum Gasteiger partial charge on any atom is -0.354 e. The highest BCUT2D eigenvalue weighted by Crippen LogP contribution is 2.31. The normalized spacial score (nSPS) is 16.1. The molecule has 1 aromatic heterocycles. The molecule has 0 atom stereocenters. The van der Waals surface area contributed by atoms with Crippen LogP contribution in [0.5, 0.6) is 0 Å². The lowest BCUT2D eigenvalue weighted by Gasteiger charge is -2.39. The largest absolute Gasteiger partial charge is 0.354 e. The minimum atomic E-state index is -2.30. The SMILES string of the molecule is N#Cc1cnc(N2CC(C(F)F)C2)c(Cl)c1. The average molecular weight is 244 g/mol. The van der Waals surface area contributed by atoms with E-state index in [0.717, 1.165) is 0 Å². The van der Waals surface area contributed by atoms with Crippen molar-refractivity contribution in [1.82, 2.24) is 4.98 Å². The van der Waals surface area contributed by atoms with Crippen LogP contribution >= 0.6 is 11.6 Å². The molecule has 0 saturated carbocycles. The molecular formula is C10H8ClF2N3. The molecule has 16 heavy (non-hydrogen) atoms. The number of halogens is 3. The predicted octanol–water partition coefficient (Wildman–Crippen LogP) is 2.31. The highest BCUT2D eigenvalue weighted by Gasteiger charge is 2.35. The average Bonchev–Trinajstić information content (AvgIpc) is 2.17. The molecule has 0 radical (unpaired) electrons. The van der Waals surface area contributed by atoms with Crippen LogP contribution < -0.4 is 4.90 Å². The molecule has 3 nitrogen and oxygen atoms in total. The maximum absolute atomic E-state index is 12.3. The van der Waals surface area contributed by atoms with Crippen molar-refractivity contribution in [3.05, 3.63) is 22.8 Å². The van der Waals surface area contributed by atoms with Crippen molar-refractivity contribution in [3.8, 4) is 6.07 Å². The van der Waals surface area contributed by atoms with Gasteiger partial charge in [-0.3, -0.25) is 0 Å². The molecule has 1 saturated heterocycles. The highest BCUT2D eigenvalue weighted by molar-refractivity contribution is 6.33. The Morgan fingerprint density at radius 1 is 1.56 bits per heavy atom. The number of nitriles is 1. The molecule has 2 heterocycles. The van der Waals surface area contributed by atoms with Crippen molar-refractivity contribution in [2.45, 2.75) is 6.43 Å². The van der Waals surface area contributed by atoms with Crippen LogP contribution in [0.25, 0.3) is 0 Å². The van der Waals surface area contributed by atoms with Crippen LogP contribution in [0.15, 0.2) is 12.3 Å². The molecule has 6 heteroatoms. The van der Waals surface area contributed by atoms with Gasteiger partial charge >= 0.3 is 0 Å². The van der Waals surface area contributed by atoms with Crippen LogP contribution in [0.1, 0.15) is 5.56 Å². The van der Waals surface area contributed by atoms with E-state index in [1.165, 1.54) is 12.3 Å². The molecule has 0 aliphatic carbocycles. The summed E-state index contributed by atoms with van der Waals surface area (Å²) in [5, 5.41) is 8.94. The van der Waals surface area contributed by atoms with E-state index in [4.69, 9.17) is 16.9 Å². The number of rotatable bonds is 2. The summed E-state index contributed by atoms with van der Waals surface area (Å²) in [6.07, 6.45) is -0.912. The summed E-state index contributed by atoms with van der Waals surface area (Å²) in [5.41, 5.74) is 0.361. The van der Waals surface area contributed by atoms with E-state index in [-0.39, 0.29) is 13.1 Å². The fourth-order valence-corrected chi connectivity index (χ4v) is 1.86. The van der Waals surface area contributed by atoms with Crippen molar-refractivity contribution < 1.29 is 8.78 Å². The van der Waals surface area contributed by atoms with Gasteiger partial charge in [-0.05, 0) is 6.07 Å². The van der Waals surface area contributed by atoms with Crippen LogP contribution in [0, 0.1) is 17.2 Å². The summed E-state index contributed by atoms with van der Waals surface area (Å²) in [7, 11) is 0. The second kappa shape index (κ2) is 4.22. The first-order valence-electron chi connectivity index (χ1n) is 4.70. The number of hydrogen-bond acceptors (Lipinski definition) is 3. The first-order chi connectivity index (χ1) is 7.61. The molecule has 0 aromatic carbocycles. The molecule has 0 bridgehead atoms. The van der Waals surface area contributed by atoms with Crippen molar-refractivity contribution in [3.63, 3.8) is 0 Å². The molecule has 1 aliphatic heterocycles. The molecule has 0 spiro atoms. The fraction of sp³-hybridized carbons (Fsp3) is 0.400. The lowest BCUT2D eigenvalue weighted by Crippen LogP contribution is -2.50. The number of pyridine rings is 1. The Balaban J connectivity index is 2.10. The van der Waals surface area contributed by atoms with Gasteiger partial charge in [-0.15, -0.1) is 0 Å². The quantitative estimate of drug-likeness (QED) is 0.800. The molecule has 84 valence electrons. The topological polar surface area (TPSA) is 39.9 Å². The van der Waals surface area contributed by atoms with E-state index in [1.807, 2.05) is 6.07 Å². The Labute approximate surface area is 96.3 Å². The molecule has 1 fully saturated rings. The second-order valence-corrected chi connectivity index (χ2v) is 4.05. The third kappa shape index (κ3) is 1.93. The molecular weight excluding hydrogens is 236 g/mol. The van der Waals surface area contributed by atoms with Crippen molar-refractivity contribution in [2.75, 3.05) is 18.0 Å². The smallest absolute Gasteiger partial charge is 0.244 e. The number of nitrogens with zero attached hydrogens (tertiary/aromatic N) is 3. The molecule has 1 aliphatic rings. The van der Waals surface area contributed by atoms with Crippen molar-refractivity contribution >= 4 is 17.4 Å². The third-order valence-electron chi connectivity index (χ3n) is 2.52. The monoisotopic (exact) mass is 243 g/mol. The van der Waals surface area contributed by atoms with Gasteiger partial charge in [-0.2, -0.15) is 5.26 Å². The first-order valence-corrected chi connectivity index (χ1v) is 5.08. The Bertz CT molecular complexity index is 438. The molecule has 1 aromatic rings. The maximum Gasteiger partial charge on any atom is 0.244 e. The van der Waals surface area contributed by atoms with E-state index in [1.54, 1.807) is 4.90 Å². The Kier molecular flexibility index (Phi) is 2.92. The Morgan fingerprint density at radius 3 is 2.75 bits per heavy atom. The summed E-state index contributed by atoms with van der Waals surface area (Å²) in [6, 6.07) is 3.40. The minimum absolute atomic E-state index is 0.260. The van der Waals surface area contributed by atoms with Crippen LogP contribution in [0.3, 0.4) is 0 Å². The summed E-state index contributed by atoms with van der Waals surface area (Å²) >= 11 is 5.90. The van der Waals surface area contributed by atoms with Crippen molar-refractivity contribution in [1.29, 1.82) is 5.26 Å². The zero-order valence-electron chi connectivity index (χ0n) is 8.20. The highest BCUT2D eigenvalue weighted by atomic mass is 35.5. The number of hydrogen-bond donors (Lipinski definition) is 0. The molecule has 2 rings (SSSR count). The van der Waals surface area contributed by atoms with E-state index < -0.39 is 12.3 Å². The summed E-state index contributed by atoms with van der Waals surface area (Å²) in [5.74, 6) is -0.133. The fourth-order valence-electron chi connectivity index (χ4n) is 1.57. The Morgan fingerprint density at radius 2 is 2.25 bits per heavy atom. The van der Waals surface area contributed by atoms with Gasteiger partial charge in [-0.1, -0.05) is 11.6 Å². The van der Waals surface area contributed by atoms with Crippen LogP contribution in [-0.4, -0.2) is 24.5 Å². The van der Waals surface area contributed by atoms with E-state index in [0.29, 0.717) is 16.4 Å². The van der Waals surface area contributed by atoms with Crippen LogP contribution in [-0.2, 0) is 0 Å². The van der Waals surface area contributed by atoms with Gasteiger partial charge in [0.15, 0.2) is 0 Å². The van der Waals surface area contributed by atoms with E-state index >= 15 is 0 Å². The van der Waals surface area contributed by atoms with Gasteiger partial charge in [0.05, 0.1) is 16.5 Å². The number of aromatic nitrogens is 1. The van der Waals surface area contributed by atoms with Crippen LogP contribution in [0.4, 0.5) is 14.6 Å². The number of anilines is 1. The van der Waals surface area contributed by atoms with Gasteiger partial charge < -0.3 is 4.90 Å². The third-order valence-corrected chi connectivity index (χ3v) is 2.79. The molecule has 0 amide bonds. The second-order valence-electron chi connectivity index (χ2n) is 3.64. The number of alkyl halides is 2. The maximum atomic E-state index is 12.3. The summed E-state index contributed by atoms with van der Waals surface area (Å²) in [6.45, 7) is 0.520. The standard InChI is InChI=1S/C10H8ClF2N3/c11-8-1-6(2-14)3-15-10(8)16-4-7(5-16)9(12)13/h1,3,7,9H,4-5H2. The van der Waals surface area contributed by atoms with Gasteiger partial charge in [0.2, 0.25) is 6.43 Å². The van der Waals surface area contributed by atoms with Gasteiger partial charge in [0.1, 0.15) is 11.9 Å². The van der Waals surface area contributed by atoms with Crippen LogP contribution in [0.2, 0.25) is 5.02 Å². The summed E-state index contributed by atoms with van der Waals surface area (Å²) in [4.78, 5) is 5.67. The van der Waals surface area contributed by atoms with Gasteiger partial charge in [0, 0.05) is 19.3 Å². The lowest BCUT2D eigenvalue weighted by atomic mass is 10.0. The van der Waals surface area contributed by atoms with Gasteiger partial charge in [-0.25, -0.2) is 13.8 Å². The zero-order chi connectivity index (χ0) is 11.7. The predicted molar refractivity (Wildman–Crippen MR) is 55.7 cm³/mol. The van der Waals surface area contributed by atoms with E-state index in [9.17, 15) is 8.78 Å². The zero-order valence-corrected chi connectivity index (χ0v) is 8.96. The van der Waals surface area contributed by atoms with Crippen molar-refractivity contribution in [2.24, 2.45) is 5.92 Å².